The van der Waals surface area contributed by atoms with Gasteiger partial charge in [-0.15, -0.1) is 0 Å². The molecule has 2 aliphatic heterocycles. The highest BCUT2D eigenvalue weighted by atomic mass is 35.5. The minimum Gasteiger partial charge on any atom is -0.374 e. The topological polar surface area (TPSA) is 37.0 Å². The molecule has 2 aliphatic rings. The Bertz CT molecular complexity index is 734. The van der Waals surface area contributed by atoms with E-state index in [1.165, 1.54) is 11.3 Å². The Balaban J connectivity index is 0.000000570. The first-order valence-corrected chi connectivity index (χ1v) is 10.00. The van der Waals surface area contributed by atoms with Gasteiger partial charge in [0.05, 0.1) is 6.04 Å². The van der Waals surface area contributed by atoms with E-state index >= 15 is 0 Å². The number of benzene rings is 1. The van der Waals surface area contributed by atoms with Crippen molar-refractivity contribution in [2.75, 3.05) is 18.4 Å². The van der Waals surface area contributed by atoms with Gasteiger partial charge in [-0.3, -0.25) is 4.98 Å². The summed E-state index contributed by atoms with van der Waals surface area (Å²) in [6, 6.07) is 10.6. The first kappa shape index (κ1) is 20.5. The lowest BCUT2D eigenvalue weighted by molar-refractivity contribution is 0.439. The van der Waals surface area contributed by atoms with E-state index in [1.54, 1.807) is 0 Å². The van der Waals surface area contributed by atoms with Gasteiger partial charge in [0.1, 0.15) is 0 Å². The van der Waals surface area contributed by atoms with Gasteiger partial charge in [0.2, 0.25) is 0 Å². The summed E-state index contributed by atoms with van der Waals surface area (Å²) in [5, 5.41) is 7.63. The van der Waals surface area contributed by atoms with Crippen LogP contribution in [0.5, 0.6) is 0 Å². The van der Waals surface area contributed by atoms with Gasteiger partial charge in [0, 0.05) is 47.2 Å². The summed E-state index contributed by atoms with van der Waals surface area (Å²) < 4.78 is 0. The third-order valence-electron chi connectivity index (χ3n) is 4.42. The molecule has 2 N–H and O–H groups in total. The van der Waals surface area contributed by atoms with Crippen LogP contribution < -0.4 is 10.6 Å². The number of rotatable bonds is 2. The van der Waals surface area contributed by atoms with E-state index in [-0.39, 0.29) is 6.04 Å². The average molecular weight is 372 g/mol. The van der Waals surface area contributed by atoms with Crippen LogP contribution in [0.1, 0.15) is 62.0 Å². The number of fused-ring (bicyclic) bond motifs is 1. The van der Waals surface area contributed by atoms with Gasteiger partial charge in [-0.1, -0.05) is 57.5 Å². The van der Waals surface area contributed by atoms with Gasteiger partial charge in [-0.2, -0.15) is 0 Å². The molecule has 2 aromatic rings. The van der Waals surface area contributed by atoms with Crippen molar-refractivity contribution in [1.29, 1.82) is 0 Å². The van der Waals surface area contributed by atoms with Crippen LogP contribution in [0.25, 0.3) is 5.03 Å². The van der Waals surface area contributed by atoms with Crippen LogP contribution in [0.4, 0.5) is 5.69 Å². The molecular weight excluding hydrogens is 342 g/mol. The molecule has 1 saturated heterocycles. The fraction of sp³-hybridized carbons (Fsp3) is 0.409. The van der Waals surface area contributed by atoms with Crippen molar-refractivity contribution in [3.8, 4) is 0 Å². The number of hydrogen-bond acceptors (Lipinski definition) is 3. The summed E-state index contributed by atoms with van der Waals surface area (Å²) in [7, 11) is 0. The zero-order valence-electron chi connectivity index (χ0n) is 16.4. The van der Waals surface area contributed by atoms with Crippen LogP contribution in [0, 0.1) is 6.92 Å². The molecule has 0 amide bonds. The van der Waals surface area contributed by atoms with Crippen LogP contribution >= 0.6 is 11.6 Å². The molecule has 3 nitrogen and oxygen atoms in total. The lowest BCUT2D eigenvalue weighted by atomic mass is 9.96. The second-order valence-corrected chi connectivity index (χ2v) is 6.46. The van der Waals surface area contributed by atoms with Crippen LogP contribution in [0.15, 0.2) is 42.6 Å². The first-order chi connectivity index (χ1) is 12.7. The van der Waals surface area contributed by atoms with Gasteiger partial charge in [0.25, 0.3) is 0 Å². The van der Waals surface area contributed by atoms with Crippen molar-refractivity contribution >= 4 is 22.3 Å². The Hall–Kier alpha value is -1.84. The molecule has 1 unspecified atom stereocenters. The lowest BCUT2D eigenvalue weighted by Crippen LogP contribution is -2.40. The Labute approximate surface area is 162 Å². The Morgan fingerprint density at radius 2 is 1.77 bits per heavy atom. The van der Waals surface area contributed by atoms with Crippen molar-refractivity contribution in [1.82, 2.24) is 10.3 Å². The highest BCUT2D eigenvalue weighted by Crippen LogP contribution is 2.37. The SMILES string of the molecule is CC.CC.Cc1ccc2c(c1)NC(c1ccc(C3CNC3)nc1)C=C2Cl. The van der Waals surface area contributed by atoms with Crippen LogP contribution in [0.2, 0.25) is 0 Å². The van der Waals surface area contributed by atoms with E-state index in [4.69, 9.17) is 11.6 Å². The average Bonchev–Trinajstić information content (AvgIpc) is 2.64. The van der Waals surface area contributed by atoms with Crippen molar-refractivity contribution < 1.29 is 0 Å². The third-order valence-corrected chi connectivity index (χ3v) is 4.75. The minimum absolute atomic E-state index is 0.0721. The number of nitrogens with zero attached hydrogens (tertiary/aromatic N) is 1. The molecule has 1 aromatic carbocycles. The number of aryl methyl sites for hydroxylation is 1. The van der Waals surface area contributed by atoms with Crippen LogP contribution in [-0.4, -0.2) is 18.1 Å². The molecular formula is C22H30ClN3. The maximum Gasteiger partial charge on any atom is 0.0730 e. The number of anilines is 1. The first-order valence-electron chi connectivity index (χ1n) is 9.62. The standard InChI is InChI=1S/C18H18ClN3.2C2H6/c1-11-2-4-14-15(19)7-17(22-18(14)6-11)12-3-5-16(21-10-12)13-8-20-9-13;2*1-2/h2-7,10,13,17,20,22H,8-9H2,1H3;2*1-2H3. The van der Waals surface area contributed by atoms with Gasteiger partial charge >= 0.3 is 0 Å². The monoisotopic (exact) mass is 371 g/mol. The Morgan fingerprint density at radius 1 is 1.04 bits per heavy atom. The van der Waals surface area contributed by atoms with E-state index in [0.29, 0.717) is 5.92 Å². The molecule has 4 rings (SSSR count). The van der Waals surface area contributed by atoms with E-state index in [2.05, 4.69) is 58.9 Å². The van der Waals surface area contributed by atoms with Gasteiger partial charge < -0.3 is 10.6 Å². The fourth-order valence-electron chi connectivity index (χ4n) is 2.95. The number of hydrogen-bond donors (Lipinski definition) is 2. The summed E-state index contributed by atoms with van der Waals surface area (Å²) in [5.74, 6) is 0.566. The van der Waals surface area contributed by atoms with Crippen molar-refractivity contribution in [2.24, 2.45) is 0 Å². The molecule has 3 heterocycles. The predicted molar refractivity (Wildman–Crippen MR) is 114 cm³/mol. The van der Waals surface area contributed by atoms with Gasteiger partial charge in [0.15, 0.2) is 0 Å². The van der Waals surface area contributed by atoms with E-state index < -0.39 is 0 Å². The summed E-state index contributed by atoms with van der Waals surface area (Å²) in [6.45, 7) is 12.2. The molecule has 140 valence electrons. The molecule has 1 atom stereocenters. The molecule has 1 fully saturated rings. The summed E-state index contributed by atoms with van der Waals surface area (Å²) >= 11 is 6.45. The quantitative estimate of drug-likeness (QED) is 0.692. The largest absolute Gasteiger partial charge is 0.374 e. The number of pyridine rings is 1. The maximum absolute atomic E-state index is 6.45. The van der Waals surface area contributed by atoms with Gasteiger partial charge in [-0.25, -0.2) is 0 Å². The molecule has 0 saturated carbocycles. The second-order valence-electron chi connectivity index (χ2n) is 6.06. The highest BCUT2D eigenvalue weighted by Gasteiger charge is 2.22. The lowest BCUT2D eigenvalue weighted by Gasteiger charge is -2.28. The summed E-state index contributed by atoms with van der Waals surface area (Å²) in [4.78, 5) is 4.62. The molecule has 0 bridgehead atoms. The smallest absolute Gasteiger partial charge is 0.0730 e. The van der Waals surface area contributed by atoms with Crippen molar-refractivity contribution in [3.05, 3.63) is 65.0 Å². The van der Waals surface area contributed by atoms with Gasteiger partial charge in [-0.05, 0) is 36.3 Å². The third kappa shape index (κ3) is 4.46. The van der Waals surface area contributed by atoms with Crippen molar-refractivity contribution in [3.63, 3.8) is 0 Å². The molecule has 0 spiro atoms. The normalized spacial score (nSPS) is 17.9. The number of nitrogens with one attached hydrogen (secondary N) is 2. The van der Waals surface area contributed by atoms with E-state index in [0.717, 1.165) is 34.9 Å². The van der Waals surface area contributed by atoms with Crippen LogP contribution in [-0.2, 0) is 0 Å². The zero-order valence-corrected chi connectivity index (χ0v) is 17.2. The number of halogens is 1. The summed E-state index contributed by atoms with van der Waals surface area (Å²) in [5.41, 5.74) is 5.69. The van der Waals surface area contributed by atoms with E-state index in [9.17, 15) is 0 Å². The fourth-order valence-corrected chi connectivity index (χ4v) is 3.24. The summed E-state index contributed by atoms with van der Waals surface area (Å²) in [6.07, 6.45) is 4.02. The Morgan fingerprint density at radius 3 is 2.35 bits per heavy atom. The maximum atomic E-state index is 6.45. The number of aromatic nitrogens is 1. The van der Waals surface area contributed by atoms with E-state index in [1.807, 2.05) is 33.9 Å². The molecule has 1 aromatic heterocycles. The Kier molecular flexibility index (Phi) is 7.67. The van der Waals surface area contributed by atoms with Crippen LogP contribution in [0.3, 0.4) is 0 Å². The van der Waals surface area contributed by atoms with Crippen molar-refractivity contribution in [2.45, 2.75) is 46.6 Å². The highest BCUT2D eigenvalue weighted by molar-refractivity contribution is 6.49. The minimum atomic E-state index is 0.0721. The molecule has 4 heteroatoms. The molecule has 0 radical (unpaired) electrons. The zero-order chi connectivity index (χ0) is 19.1. The molecule has 0 aliphatic carbocycles. The molecule has 26 heavy (non-hydrogen) atoms. The predicted octanol–water partition coefficient (Wildman–Crippen LogP) is 5.88. The second kappa shape index (κ2) is 9.75.